The van der Waals surface area contributed by atoms with Crippen LogP contribution in [0.5, 0.6) is 0 Å². The summed E-state index contributed by atoms with van der Waals surface area (Å²) in [7, 11) is 1.85. The lowest BCUT2D eigenvalue weighted by Gasteiger charge is -2.27. The van der Waals surface area contributed by atoms with Crippen LogP contribution in [0.1, 0.15) is 45.7 Å². The van der Waals surface area contributed by atoms with Gasteiger partial charge >= 0.3 is 0 Å². The standard InChI is InChI=1S/C17H28N2O/c1-6-19(5)17(20)14(4)18-16(12-13(2)3)15-10-8-7-9-11-15/h7-11,13-14,16,18H,6,12H2,1-5H3. The summed E-state index contributed by atoms with van der Waals surface area (Å²) in [6.07, 6.45) is 1.03. The minimum Gasteiger partial charge on any atom is -0.345 e. The molecule has 0 aliphatic rings. The largest absolute Gasteiger partial charge is 0.345 e. The van der Waals surface area contributed by atoms with Crippen LogP contribution in [0.4, 0.5) is 0 Å². The molecule has 0 spiro atoms. The van der Waals surface area contributed by atoms with E-state index in [2.05, 4.69) is 43.4 Å². The minimum atomic E-state index is -0.163. The quantitative estimate of drug-likeness (QED) is 0.829. The molecular weight excluding hydrogens is 248 g/mol. The summed E-state index contributed by atoms with van der Waals surface area (Å²) in [6.45, 7) is 9.10. The number of amides is 1. The van der Waals surface area contributed by atoms with E-state index < -0.39 is 0 Å². The van der Waals surface area contributed by atoms with E-state index in [-0.39, 0.29) is 18.0 Å². The smallest absolute Gasteiger partial charge is 0.239 e. The van der Waals surface area contributed by atoms with Crippen molar-refractivity contribution in [3.63, 3.8) is 0 Å². The van der Waals surface area contributed by atoms with Gasteiger partial charge in [0, 0.05) is 19.6 Å². The molecule has 3 nitrogen and oxygen atoms in total. The van der Waals surface area contributed by atoms with E-state index in [0.717, 1.165) is 13.0 Å². The van der Waals surface area contributed by atoms with Gasteiger partial charge in [-0.3, -0.25) is 10.1 Å². The Bertz CT molecular complexity index is 403. The Morgan fingerprint density at radius 3 is 2.30 bits per heavy atom. The van der Waals surface area contributed by atoms with Crippen LogP contribution < -0.4 is 5.32 Å². The molecule has 0 fully saturated rings. The summed E-state index contributed by atoms with van der Waals surface area (Å²) in [4.78, 5) is 13.9. The zero-order valence-electron chi connectivity index (χ0n) is 13.4. The lowest BCUT2D eigenvalue weighted by molar-refractivity contribution is -0.131. The van der Waals surface area contributed by atoms with Gasteiger partial charge in [0.1, 0.15) is 0 Å². The third-order valence-electron chi connectivity index (χ3n) is 3.58. The van der Waals surface area contributed by atoms with Crippen LogP contribution in [-0.4, -0.2) is 30.4 Å². The first-order chi connectivity index (χ1) is 9.45. The van der Waals surface area contributed by atoms with Crippen LogP contribution in [-0.2, 0) is 4.79 Å². The molecule has 112 valence electrons. The van der Waals surface area contributed by atoms with Gasteiger partial charge in [0.05, 0.1) is 6.04 Å². The molecule has 0 radical (unpaired) electrons. The monoisotopic (exact) mass is 276 g/mol. The Morgan fingerprint density at radius 1 is 1.20 bits per heavy atom. The Hall–Kier alpha value is -1.35. The molecule has 1 aromatic rings. The van der Waals surface area contributed by atoms with Gasteiger partial charge < -0.3 is 4.90 Å². The molecule has 0 saturated carbocycles. The highest BCUT2D eigenvalue weighted by molar-refractivity contribution is 5.81. The number of nitrogens with one attached hydrogen (secondary N) is 1. The predicted molar refractivity (Wildman–Crippen MR) is 84.5 cm³/mol. The van der Waals surface area contributed by atoms with Crippen molar-refractivity contribution in [2.24, 2.45) is 5.92 Å². The molecule has 0 heterocycles. The molecule has 1 aromatic carbocycles. The van der Waals surface area contributed by atoms with Crippen LogP contribution in [0.2, 0.25) is 0 Å². The van der Waals surface area contributed by atoms with Gasteiger partial charge in [-0.05, 0) is 31.7 Å². The molecule has 20 heavy (non-hydrogen) atoms. The normalized spacial score (nSPS) is 14.1. The van der Waals surface area contributed by atoms with E-state index in [1.54, 1.807) is 4.90 Å². The Labute approximate surface area is 123 Å². The topological polar surface area (TPSA) is 32.3 Å². The summed E-state index contributed by atoms with van der Waals surface area (Å²) >= 11 is 0. The fourth-order valence-electron chi connectivity index (χ4n) is 2.32. The second-order valence-corrected chi connectivity index (χ2v) is 5.83. The van der Waals surface area contributed by atoms with Gasteiger partial charge in [-0.2, -0.15) is 0 Å². The summed E-state index contributed by atoms with van der Waals surface area (Å²) in [5, 5.41) is 3.49. The number of carbonyl (C=O) groups is 1. The molecule has 1 amide bonds. The third kappa shape index (κ3) is 4.97. The van der Waals surface area contributed by atoms with E-state index in [4.69, 9.17) is 0 Å². The van der Waals surface area contributed by atoms with Crippen molar-refractivity contribution >= 4 is 5.91 Å². The van der Waals surface area contributed by atoms with Crippen molar-refractivity contribution < 1.29 is 4.79 Å². The average Bonchev–Trinajstić information content (AvgIpc) is 2.45. The van der Waals surface area contributed by atoms with Crippen molar-refractivity contribution in [3.8, 4) is 0 Å². The Balaban J connectivity index is 2.78. The molecule has 0 aliphatic heterocycles. The number of rotatable bonds is 7. The third-order valence-corrected chi connectivity index (χ3v) is 3.58. The summed E-state index contributed by atoms with van der Waals surface area (Å²) < 4.78 is 0. The first-order valence-corrected chi connectivity index (χ1v) is 7.51. The summed E-state index contributed by atoms with van der Waals surface area (Å²) in [6, 6.07) is 10.4. The van der Waals surface area contributed by atoms with Crippen LogP contribution in [0.3, 0.4) is 0 Å². The second-order valence-electron chi connectivity index (χ2n) is 5.83. The molecule has 0 aromatic heterocycles. The minimum absolute atomic E-state index is 0.150. The molecule has 1 N–H and O–H groups in total. The van der Waals surface area contributed by atoms with Gasteiger partial charge in [0.2, 0.25) is 5.91 Å². The fourth-order valence-corrected chi connectivity index (χ4v) is 2.32. The summed E-state index contributed by atoms with van der Waals surface area (Å²) in [5.41, 5.74) is 1.25. The van der Waals surface area contributed by atoms with Crippen molar-refractivity contribution in [1.29, 1.82) is 0 Å². The van der Waals surface area contributed by atoms with Crippen molar-refractivity contribution in [2.45, 2.75) is 46.2 Å². The Kier molecular flexibility index (Phi) is 6.73. The van der Waals surface area contributed by atoms with Crippen LogP contribution in [0.25, 0.3) is 0 Å². The van der Waals surface area contributed by atoms with E-state index in [1.807, 2.05) is 27.0 Å². The summed E-state index contributed by atoms with van der Waals surface area (Å²) in [5.74, 6) is 0.733. The number of benzene rings is 1. The van der Waals surface area contributed by atoms with Gasteiger partial charge in [-0.25, -0.2) is 0 Å². The van der Waals surface area contributed by atoms with Crippen LogP contribution in [0.15, 0.2) is 30.3 Å². The highest BCUT2D eigenvalue weighted by Crippen LogP contribution is 2.21. The SMILES string of the molecule is CCN(C)C(=O)C(C)NC(CC(C)C)c1ccccc1. The van der Waals surface area contributed by atoms with Crippen LogP contribution in [0, 0.1) is 5.92 Å². The van der Waals surface area contributed by atoms with Crippen molar-refractivity contribution in [1.82, 2.24) is 10.2 Å². The first kappa shape index (κ1) is 16.7. The van der Waals surface area contributed by atoms with E-state index >= 15 is 0 Å². The molecule has 0 saturated heterocycles. The molecule has 3 heteroatoms. The number of hydrogen-bond donors (Lipinski definition) is 1. The van der Waals surface area contributed by atoms with Crippen molar-refractivity contribution in [2.75, 3.05) is 13.6 Å². The number of carbonyl (C=O) groups excluding carboxylic acids is 1. The van der Waals surface area contributed by atoms with Gasteiger partial charge in [0.25, 0.3) is 0 Å². The molecule has 1 rings (SSSR count). The highest BCUT2D eigenvalue weighted by atomic mass is 16.2. The maximum Gasteiger partial charge on any atom is 0.239 e. The van der Waals surface area contributed by atoms with E-state index in [9.17, 15) is 4.79 Å². The molecule has 0 aliphatic carbocycles. The fraction of sp³-hybridized carbons (Fsp3) is 0.588. The van der Waals surface area contributed by atoms with E-state index in [1.165, 1.54) is 5.56 Å². The predicted octanol–water partition coefficient (Wildman–Crippen LogP) is 3.23. The molecular formula is C17H28N2O. The number of hydrogen-bond acceptors (Lipinski definition) is 2. The lowest BCUT2D eigenvalue weighted by atomic mass is 9.96. The molecule has 0 bridgehead atoms. The van der Waals surface area contributed by atoms with Crippen molar-refractivity contribution in [3.05, 3.63) is 35.9 Å². The Morgan fingerprint density at radius 2 is 1.80 bits per heavy atom. The maximum atomic E-state index is 12.2. The highest BCUT2D eigenvalue weighted by Gasteiger charge is 2.21. The van der Waals surface area contributed by atoms with E-state index in [0.29, 0.717) is 5.92 Å². The number of likely N-dealkylation sites (N-methyl/N-ethyl adjacent to an activating group) is 1. The lowest BCUT2D eigenvalue weighted by Crippen LogP contribution is -2.44. The maximum absolute atomic E-state index is 12.2. The zero-order chi connectivity index (χ0) is 15.1. The van der Waals surface area contributed by atoms with Gasteiger partial charge in [-0.1, -0.05) is 44.2 Å². The molecule has 2 unspecified atom stereocenters. The molecule has 2 atom stereocenters. The van der Waals surface area contributed by atoms with Gasteiger partial charge in [-0.15, -0.1) is 0 Å². The number of nitrogens with zero attached hydrogens (tertiary/aromatic N) is 1. The average molecular weight is 276 g/mol. The second kappa shape index (κ2) is 8.05. The van der Waals surface area contributed by atoms with Crippen LogP contribution >= 0.6 is 0 Å². The first-order valence-electron chi connectivity index (χ1n) is 7.51. The van der Waals surface area contributed by atoms with Gasteiger partial charge in [0.15, 0.2) is 0 Å². The zero-order valence-corrected chi connectivity index (χ0v) is 13.4.